The number of aliphatic hydroxyl groups excluding tert-OH is 1. The third-order valence-corrected chi connectivity index (χ3v) is 1.28. The van der Waals surface area contributed by atoms with E-state index in [9.17, 15) is 0 Å². The minimum Gasteiger partial charge on any atom is -0.393 e. The molecule has 0 unspecified atom stereocenters. The van der Waals surface area contributed by atoms with Crippen LogP contribution >= 0.6 is 11.6 Å². The Bertz CT molecular complexity index is 78.6. The lowest BCUT2D eigenvalue weighted by Crippen LogP contribution is -2.09. The minimum atomic E-state index is -0.301. The molecule has 2 atom stereocenters. The zero-order valence-electron chi connectivity index (χ0n) is 5.13. The van der Waals surface area contributed by atoms with Crippen molar-refractivity contribution in [1.29, 1.82) is 0 Å². The van der Waals surface area contributed by atoms with Crippen molar-refractivity contribution in [1.82, 2.24) is 0 Å². The molecular formula is C6H11ClO. The highest BCUT2D eigenvalue weighted by Crippen LogP contribution is 2.03. The first-order valence-electron chi connectivity index (χ1n) is 2.63. The van der Waals surface area contributed by atoms with Crippen molar-refractivity contribution in [3.63, 3.8) is 0 Å². The van der Waals surface area contributed by atoms with E-state index in [1.54, 1.807) is 13.0 Å². The highest BCUT2D eigenvalue weighted by Gasteiger charge is 2.01. The summed E-state index contributed by atoms with van der Waals surface area (Å²) in [6.07, 6.45) is 1.46. The summed E-state index contributed by atoms with van der Waals surface area (Å²) >= 11 is 5.25. The maximum Gasteiger partial charge on any atom is 0.0572 e. The number of aliphatic hydroxyl groups is 1. The van der Waals surface area contributed by atoms with Crippen LogP contribution in [0, 0.1) is 5.92 Å². The van der Waals surface area contributed by atoms with Crippen LogP contribution in [0.15, 0.2) is 11.6 Å². The van der Waals surface area contributed by atoms with Gasteiger partial charge < -0.3 is 5.11 Å². The second-order valence-electron chi connectivity index (χ2n) is 1.92. The van der Waals surface area contributed by atoms with Gasteiger partial charge in [-0.2, -0.15) is 0 Å². The van der Waals surface area contributed by atoms with Gasteiger partial charge in [0.25, 0.3) is 0 Å². The van der Waals surface area contributed by atoms with E-state index in [4.69, 9.17) is 16.7 Å². The number of halogens is 1. The van der Waals surface area contributed by atoms with Crippen LogP contribution in [0.1, 0.15) is 13.8 Å². The van der Waals surface area contributed by atoms with Crippen LogP contribution in [0.2, 0.25) is 0 Å². The van der Waals surface area contributed by atoms with E-state index in [1.165, 1.54) is 5.54 Å². The molecule has 1 N–H and O–H groups in total. The Morgan fingerprint density at radius 1 is 1.50 bits per heavy atom. The van der Waals surface area contributed by atoms with E-state index in [2.05, 4.69) is 0 Å². The van der Waals surface area contributed by atoms with Crippen molar-refractivity contribution >= 4 is 11.6 Å². The van der Waals surface area contributed by atoms with Gasteiger partial charge >= 0.3 is 0 Å². The normalized spacial score (nSPS) is 19.0. The summed E-state index contributed by atoms with van der Waals surface area (Å²) in [6, 6.07) is 0. The Morgan fingerprint density at radius 2 is 2.00 bits per heavy atom. The molecule has 0 amide bonds. The molecule has 0 saturated carbocycles. The van der Waals surface area contributed by atoms with Gasteiger partial charge in [-0.15, -0.1) is 0 Å². The van der Waals surface area contributed by atoms with E-state index in [-0.39, 0.29) is 12.0 Å². The molecule has 0 saturated heterocycles. The first kappa shape index (κ1) is 7.99. The average molecular weight is 135 g/mol. The van der Waals surface area contributed by atoms with Crippen molar-refractivity contribution in [2.24, 2.45) is 5.92 Å². The van der Waals surface area contributed by atoms with Gasteiger partial charge in [-0.3, -0.25) is 0 Å². The minimum absolute atomic E-state index is 0.160. The Kier molecular flexibility index (Phi) is 3.92. The molecule has 8 heavy (non-hydrogen) atoms. The van der Waals surface area contributed by atoms with Gasteiger partial charge in [-0.1, -0.05) is 24.6 Å². The van der Waals surface area contributed by atoms with Crippen LogP contribution in [-0.2, 0) is 0 Å². The van der Waals surface area contributed by atoms with Gasteiger partial charge in [-0.05, 0) is 6.92 Å². The third-order valence-electron chi connectivity index (χ3n) is 1.14. The Labute approximate surface area is 55.0 Å². The third kappa shape index (κ3) is 3.05. The average Bonchev–Trinajstić information content (AvgIpc) is 1.67. The smallest absolute Gasteiger partial charge is 0.0572 e. The van der Waals surface area contributed by atoms with Crippen LogP contribution in [-0.4, -0.2) is 11.2 Å². The van der Waals surface area contributed by atoms with Crippen LogP contribution in [0.5, 0.6) is 0 Å². The molecule has 0 rings (SSSR count). The summed E-state index contributed by atoms with van der Waals surface area (Å²) in [5.74, 6) is 0.160. The number of rotatable bonds is 2. The molecule has 0 bridgehead atoms. The van der Waals surface area contributed by atoms with E-state index < -0.39 is 0 Å². The number of hydrogen-bond donors (Lipinski definition) is 1. The Morgan fingerprint density at radius 3 is 2.12 bits per heavy atom. The van der Waals surface area contributed by atoms with E-state index in [0.717, 1.165) is 0 Å². The molecule has 0 aromatic carbocycles. The quantitative estimate of drug-likeness (QED) is 0.610. The molecule has 0 fully saturated rings. The zero-order valence-corrected chi connectivity index (χ0v) is 5.89. The molecular weight excluding hydrogens is 124 g/mol. The summed E-state index contributed by atoms with van der Waals surface area (Å²) in [4.78, 5) is 0. The van der Waals surface area contributed by atoms with Crippen molar-refractivity contribution in [3.05, 3.63) is 11.6 Å². The van der Waals surface area contributed by atoms with Crippen LogP contribution in [0.3, 0.4) is 0 Å². The standard InChI is InChI=1S/C6H11ClO/c1-5(3-4-7)6(2)8/h3-6,8H,1-2H3/b4-3-/t5-,6+/m1/s1. The SMILES string of the molecule is C[C@H](O)[C@H](C)/C=C\Cl. The largest absolute Gasteiger partial charge is 0.393 e. The Balaban J connectivity index is 3.47. The first-order valence-corrected chi connectivity index (χ1v) is 3.07. The van der Waals surface area contributed by atoms with Crippen molar-refractivity contribution < 1.29 is 5.11 Å². The van der Waals surface area contributed by atoms with E-state index >= 15 is 0 Å². The molecule has 0 heterocycles. The molecule has 0 aromatic heterocycles. The summed E-state index contributed by atoms with van der Waals surface area (Å²) in [6.45, 7) is 3.64. The molecule has 48 valence electrons. The highest BCUT2D eigenvalue weighted by molar-refractivity contribution is 6.25. The van der Waals surface area contributed by atoms with Crippen molar-refractivity contribution in [2.75, 3.05) is 0 Å². The molecule has 0 spiro atoms. The summed E-state index contributed by atoms with van der Waals surface area (Å²) in [7, 11) is 0. The van der Waals surface area contributed by atoms with Gasteiger partial charge in [-0.25, -0.2) is 0 Å². The van der Waals surface area contributed by atoms with Crippen molar-refractivity contribution in [2.45, 2.75) is 20.0 Å². The van der Waals surface area contributed by atoms with Crippen LogP contribution in [0.4, 0.5) is 0 Å². The summed E-state index contributed by atoms with van der Waals surface area (Å²) in [5.41, 5.74) is 1.43. The predicted octanol–water partition coefficient (Wildman–Crippen LogP) is 1.76. The van der Waals surface area contributed by atoms with Gasteiger partial charge in [0.05, 0.1) is 6.10 Å². The maximum atomic E-state index is 8.84. The van der Waals surface area contributed by atoms with Gasteiger partial charge in [0.15, 0.2) is 0 Å². The molecule has 0 aliphatic rings. The van der Waals surface area contributed by atoms with Gasteiger partial charge in [0.2, 0.25) is 0 Å². The van der Waals surface area contributed by atoms with Crippen LogP contribution < -0.4 is 0 Å². The van der Waals surface area contributed by atoms with Gasteiger partial charge in [0.1, 0.15) is 0 Å². The molecule has 0 aliphatic carbocycles. The second-order valence-corrected chi connectivity index (χ2v) is 2.17. The lowest BCUT2D eigenvalue weighted by molar-refractivity contribution is 0.157. The lowest BCUT2D eigenvalue weighted by atomic mass is 10.1. The molecule has 2 heteroatoms. The summed E-state index contributed by atoms with van der Waals surface area (Å²) in [5, 5.41) is 8.84. The summed E-state index contributed by atoms with van der Waals surface area (Å²) < 4.78 is 0. The topological polar surface area (TPSA) is 20.2 Å². The predicted molar refractivity (Wildman–Crippen MR) is 35.8 cm³/mol. The highest BCUT2D eigenvalue weighted by atomic mass is 35.5. The van der Waals surface area contributed by atoms with Gasteiger partial charge in [0, 0.05) is 11.5 Å². The van der Waals surface area contributed by atoms with Crippen LogP contribution in [0.25, 0.3) is 0 Å². The van der Waals surface area contributed by atoms with Crippen molar-refractivity contribution in [3.8, 4) is 0 Å². The molecule has 0 aliphatic heterocycles. The van der Waals surface area contributed by atoms with E-state index in [1.807, 2.05) is 6.92 Å². The fourth-order valence-electron chi connectivity index (χ4n) is 0.276. The lowest BCUT2D eigenvalue weighted by Gasteiger charge is -2.06. The molecule has 0 radical (unpaired) electrons. The number of hydrogen-bond acceptors (Lipinski definition) is 1. The fraction of sp³-hybridized carbons (Fsp3) is 0.667. The second kappa shape index (κ2) is 3.93. The van der Waals surface area contributed by atoms with E-state index in [0.29, 0.717) is 0 Å². The zero-order chi connectivity index (χ0) is 6.57. The first-order chi connectivity index (χ1) is 3.68. The molecule has 1 nitrogen and oxygen atoms in total. The Hall–Kier alpha value is -0.0100. The maximum absolute atomic E-state index is 8.84. The fourth-order valence-corrected chi connectivity index (χ4v) is 0.505. The molecule has 0 aromatic rings. The monoisotopic (exact) mass is 134 g/mol.